The third kappa shape index (κ3) is 3.38. The molecular formula is C17H28N4. The Kier molecular flexibility index (Phi) is 4.76. The van der Waals surface area contributed by atoms with Gasteiger partial charge in [-0.15, -0.1) is 0 Å². The van der Waals surface area contributed by atoms with E-state index in [-0.39, 0.29) is 6.04 Å². The van der Waals surface area contributed by atoms with Crippen LogP contribution in [-0.4, -0.2) is 48.1 Å². The van der Waals surface area contributed by atoms with E-state index in [1.807, 2.05) is 12.3 Å². The maximum atomic E-state index is 6.16. The van der Waals surface area contributed by atoms with Gasteiger partial charge in [-0.2, -0.15) is 0 Å². The molecule has 1 aromatic rings. The zero-order valence-electron chi connectivity index (χ0n) is 13.2. The summed E-state index contributed by atoms with van der Waals surface area (Å²) in [5.41, 5.74) is 7.47. The number of anilines is 1. The van der Waals surface area contributed by atoms with Crippen molar-refractivity contribution >= 4 is 5.82 Å². The van der Waals surface area contributed by atoms with E-state index < -0.39 is 0 Å². The number of piperidine rings is 1. The van der Waals surface area contributed by atoms with Crippen molar-refractivity contribution in [1.82, 2.24) is 9.88 Å². The average molecular weight is 288 g/mol. The van der Waals surface area contributed by atoms with Gasteiger partial charge in [0.1, 0.15) is 5.82 Å². The molecule has 3 heterocycles. The normalized spacial score (nSPS) is 24.7. The Morgan fingerprint density at radius 1 is 1.33 bits per heavy atom. The minimum absolute atomic E-state index is 0.240. The lowest BCUT2D eigenvalue weighted by Crippen LogP contribution is -2.55. The zero-order valence-corrected chi connectivity index (χ0v) is 13.2. The lowest BCUT2D eigenvalue weighted by molar-refractivity contribution is 0.133. The predicted molar refractivity (Wildman–Crippen MR) is 87.6 cm³/mol. The molecule has 2 aliphatic heterocycles. The van der Waals surface area contributed by atoms with E-state index >= 15 is 0 Å². The summed E-state index contributed by atoms with van der Waals surface area (Å²) in [4.78, 5) is 9.84. The van der Waals surface area contributed by atoms with Gasteiger partial charge in [-0.1, -0.05) is 19.4 Å². The first-order valence-electron chi connectivity index (χ1n) is 8.46. The smallest absolute Gasteiger partial charge is 0.131 e. The Morgan fingerprint density at radius 2 is 2.24 bits per heavy atom. The van der Waals surface area contributed by atoms with Crippen LogP contribution in [0.3, 0.4) is 0 Å². The van der Waals surface area contributed by atoms with E-state index in [4.69, 9.17) is 5.73 Å². The van der Waals surface area contributed by atoms with Crippen molar-refractivity contribution < 1.29 is 0 Å². The number of aromatic nitrogens is 1. The maximum absolute atomic E-state index is 6.16. The number of pyridine rings is 1. The topological polar surface area (TPSA) is 45.4 Å². The van der Waals surface area contributed by atoms with E-state index in [9.17, 15) is 0 Å². The molecule has 21 heavy (non-hydrogen) atoms. The highest BCUT2D eigenvalue weighted by molar-refractivity contribution is 5.48. The third-order valence-electron chi connectivity index (χ3n) is 5.01. The number of rotatable bonds is 4. The molecule has 2 saturated heterocycles. The summed E-state index contributed by atoms with van der Waals surface area (Å²) in [5, 5.41) is 0. The van der Waals surface area contributed by atoms with Crippen LogP contribution in [-0.2, 0) is 6.42 Å². The van der Waals surface area contributed by atoms with Crippen molar-refractivity contribution in [2.75, 3.05) is 31.1 Å². The summed E-state index contributed by atoms with van der Waals surface area (Å²) in [6, 6.07) is 5.20. The fourth-order valence-corrected chi connectivity index (χ4v) is 3.65. The molecule has 0 aliphatic carbocycles. The van der Waals surface area contributed by atoms with Gasteiger partial charge in [0.25, 0.3) is 0 Å². The molecule has 0 bridgehead atoms. The largest absolute Gasteiger partial charge is 0.354 e. The Balaban J connectivity index is 1.74. The lowest BCUT2D eigenvalue weighted by atomic mass is 9.98. The van der Waals surface area contributed by atoms with Crippen molar-refractivity contribution in [3.63, 3.8) is 0 Å². The standard InChI is InChI=1S/C17H28N4/c1-2-15(18)12-14-6-5-8-19-17(14)21-11-10-20-9-4-3-7-16(20)13-21/h5-6,8,15-16H,2-4,7,9-13,18H2,1H3. The Labute approximate surface area is 128 Å². The van der Waals surface area contributed by atoms with E-state index in [1.165, 1.54) is 43.7 Å². The second-order valence-corrected chi connectivity index (χ2v) is 6.49. The van der Waals surface area contributed by atoms with Crippen molar-refractivity contribution in [3.8, 4) is 0 Å². The Morgan fingerprint density at radius 3 is 3.10 bits per heavy atom. The monoisotopic (exact) mass is 288 g/mol. The molecule has 2 fully saturated rings. The number of hydrogen-bond acceptors (Lipinski definition) is 4. The summed E-state index contributed by atoms with van der Waals surface area (Å²) < 4.78 is 0. The van der Waals surface area contributed by atoms with Crippen LogP contribution in [0.2, 0.25) is 0 Å². The molecule has 0 aromatic carbocycles. The van der Waals surface area contributed by atoms with Gasteiger partial charge in [-0.05, 0) is 43.9 Å². The molecule has 2 N–H and O–H groups in total. The van der Waals surface area contributed by atoms with Crippen LogP contribution >= 0.6 is 0 Å². The summed E-state index contributed by atoms with van der Waals surface area (Å²) >= 11 is 0. The molecule has 116 valence electrons. The van der Waals surface area contributed by atoms with Crippen LogP contribution in [0.15, 0.2) is 18.3 Å². The van der Waals surface area contributed by atoms with Crippen LogP contribution in [0.25, 0.3) is 0 Å². The summed E-state index contributed by atoms with van der Waals surface area (Å²) in [7, 11) is 0. The van der Waals surface area contributed by atoms with E-state index in [2.05, 4.69) is 27.8 Å². The van der Waals surface area contributed by atoms with Gasteiger partial charge in [0.15, 0.2) is 0 Å². The van der Waals surface area contributed by atoms with Gasteiger partial charge in [-0.25, -0.2) is 4.98 Å². The van der Waals surface area contributed by atoms with Gasteiger partial charge in [0.05, 0.1) is 0 Å². The molecule has 0 amide bonds. The van der Waals surface area contributed by atoms with Crippen LogP contribution in [0, 0.1) is 0 Å². The van der Waals surface area contributed by atoms with E-state index in [0.29, 0.717) is 0 Å². The van der Waals surface area contributed by atoms with Gasteiger partial charge in [0, 0.05) is 37.9 Å². The molecule has 2 atom stereocenters. The first kappa shape index (κ1) is 14.8. The van der Waals surface area contributed by atoms with E-state index in [1.54, 1.807) is 0 Å². The molecule has 2 unspecified atom stereocenters. The fraction of sp³-hybridized carbons (Fsp3) is 0.706. The minimum atomic E-state index is 0.240. The average Bonchev–Trinajstić information content (AvgIpc) is 2.55. The van der Waals surface area contributed by atoms with Gasteiger partial charge < -0.3 is 10.6 Å². The second kappa shape index (κ2) is 6.75. The molecule has 0 radical (unpaired) electrons. The molecule has 0 saturated carbocycles. The second-order valence-electron chi connectivity index (χ2n) is 6.49. The molecule has 4 heteroatoms. The molecule has 1 aromatic heterocycles. The van der Waals surface area contributed by atoms with Gasteiger partial charge in [-0.3, -0.25) is 4.90 Å². The highest BCUT2D eigenvalue weighted by Crippen LogP contribution is 2.26. The maximum Gasteiger partial charge on any atom is 0.131 e. The van der Waals surface area contributed by atoms with Crippen molar-refractivity contribution in [2.24, 2.45) is 5.73 Å². The molecule has 2 aliphatic rings. The number of fused-ring (bicyclic) bond motifs is 1. The quantitative estimate of drug-likeness (QED) is 0.921. The first-order valence-corrected chi connectivity index (χ1v) is 8.46. The van der Waals surface area contributed by atoms with Crippen molar-refractivity contribution in [2.45, 2.75) is 51.1 Å². The molecule has 4 nitrogen and oxygen atoms in total. The SMILES string of the molecule is CCC(N)Cc1cccnc1N1CCN2CCCCC2C1. The Hall–Kier alpha value is -1.13. The summed E-state index contributed by atoms with van der Waals surface area (Å²) in [6.45, 7) is 6.85. The number of hydrogen-bond donors (Lipinski definition) is 1. The van der Waals surface area contributed by atoms with Crippen molar-refractivity contribution in [1.29, 1.82) is 0 Å². The highest BCUT2D eigenvalue weighted by Gasteiger charge is 2.30. The first-order chi connectivity index (χ1) is 10.3. The Bertz CT molecular complexity index is 462. The van der Waals surface area contributed by atoms with Gasteiger partial charge >= 0.3 is 0 Å². The zero-order chi connectivity index (χ0) is 14.7. The number of piperazine rings is 1. The molecular weight excluding hydrogens is 260 g/mol. The fourth-order valence-electron chi connectivity index (χ4n) is 3.65. The molecule has 3 rings (SSSR count). The van der Waals surface area contributed by atoms with E-state index in [0.717, 1.165) is 32.0 Å². The highest BCUT2D eigenvalue weighted by atomic mass is 15.3. The lowest BCUT2D eigenvalue weighted by Gasteiger charge is -2.44. The van der Waals surface area contributed by atoms with Crippen LogP contribution in [0.4, 0.5) is 5.82 Å². The van der Waals surface area contributed by atoms with Crippen LogP contribution in [0.1, 0.15) is 38.2 Å². The predicted octanol–water partition coefficient (Wildman–Crippen LogP) is 2.04. The molecule has 0 spiro atoms. The third-order valence-corrected chi connectivity index (χ3v) is 5.01. The van der Waals surface area contributed by atoms with Crippen LogP contribution in [0.5, 0.6) is 0 Å². The van der Waals surface area contributed by atoms with Gasteiger partial charge in [0.2, 0.25) is 0 Å². The van der Waals surface area contributed by atoms with Crippen LogP contribution < -0.4 is 10.6 Å². The number of nitrogens with zero attached hydrogens (tertiary/aromatic N) is 3. The number of nitrogens with two attached hydrogens (primary N) is 1. The minimum Gasteiger partial charge on any atom is -0.354 e. The summed E-state index contributed by atoms with van der Waals surface area (Å²) in [6.07, 6.45) is 7.97. The summed E-state index contributed by atoms with van der Waals surface area (Å²) in [5.74, 6) is 1.17. The van der Waals surface area contributed by atoms with Crippen molar-refractivity contribution in [3.05, 3.63) is 23.9 Å².